The number of hydrogen-bond donors (Lipinski definition) is 1. The van der Waals surface area contributed by atoms with E-state index in [1.165, 1.54) is 31.2 Å². The molecule has 2 N–H and O–H groups in total. The molecule has 6 heteroatoms. The summed E-state index contributed by atoms with van der Waals surface area (Å²) in [6.07, 6.45) is 0.0560. The van der Waals surface area contributed by atoms with E-state index in [0.29, 0.717) is 5.56 Å². The predicted octanol–water partition coefficient (Wildman–Crippen LogP) is 0.771. The highest BCUT2D eigenvalue weighted by Gasteiger charge is 2.17. The number of ether oxygens (including phenoxy) is 1. The molecule has 0 saturated carbocycles. The zero-order chi connectivity index (χ0) is 15.8. The first-order valence-electron chi connectivity index (χ1n) is 6.30. The van der Waals surface area contributed by atoms with E-state index < -0.39 is 17.7 Å². The van der Waals surface area contributed by atoms with Crippen molar-refractivity contribution in [2.45, 2.75) is 6.42 Å². The fraction of sp³-hybridized carbons (Fsp3) is 0.333. The monoisotopic (exact) mass is 292 g/mol. The third-order valence-electron chi connectivity index (χ3n) is 2.76. The van der Waals surface area contributed by atoms with Crippen LogP contribution in [0.5, 0.6) is 0 Å². The van der Waals surface area contributed by atoms with Gasteiger partial charge in [0.1, 0.15) is 5.82 Å². The van der Waals surface area contributed by atoms with Crippen molar-refractivity contribution in [2.75, 3.05) is 27.2 Å². The molecule has 21 heavy (non-hydrogen) atoms. The number of benzene rings is 1. The third kappa shape index (κ3) is 4.89. The Balaban J connectivity index is 2.80. The van der Waals surface area contributed by atoms with E-state index in [0.717, 1.165) is 0 Å². The van der Waals surface area contributed by atoms with Gasteiger partial charge in [0.15, 0.2) is 0 Å². The Morgan fingerprint density at radius 1 is 1.43 bits per heavy atom. The molecule has 0 radical (unpaired) electrons. The summed E-state index contributed by atoms with van der Waals surface area (Å²) in [6.45, 7) is 0.332. The molecule has 0 aliphatic carbocycles. The second-order valence-corrected chi connectivity index (χ2v) is 4.25. The smallest absolute Gasteiger partial charge is 0.307 e. The van der Waals surface area contributed by atoms with E-state index in [2.05, 4.69) is 16.6 Å². The first kappa shape index (κ1) is 16.7. The second kappa shape index (κ2) is 8.02. The van der Waals surface area contributed by atoms with Crippen molar-refractivity contribution >= 4 is 11.9 Å². The Kier molecular flexibility index (Phi) is 6.37. The van der Waals surface area contributed by atoms with Crippen LogP contribution in [-0.4, -0.2) is 44.0 Å². The maximum Gasteiger partial charge on any atom is 0.307 e. The zero-order valence-electron chi connectivity index (χ0n) is 12.0. The maximum atomic E-state index is 13.9. The van der Waals surface area contributed by atoms with Crippen LogP contribution in [0, 0.1) is 17.7 Å². The van der Waals surface area contributed by atoms with Crippen LogP contribution >= 0.6 is 0 Å². The minimum atomic E-state index is -0.659. The molecule has 112 valence electrons. The number of nitrogens with two attached hydrogens (primary N) is 1. The third-order valence-corrected chi connectivity index (χ3v) is 2.76. The minimum absolute atomic E-state index is 0.0560. The van der Waals surface area contributed by atoms with Gasteiger partial charge in [-0.05, 0) is 18.2 Å². The number of carbonyl (C=O) groups excluding carboxylic acids is 2. The van der Waals surface area contributed by atoms with E-state index in [-0.39, 0.29) is 25.1 Å². The van der Waals surface area contributed by atoms with Crippen molar-refractivity contribution in [2.24, 2.45) is 5.73 Å². The van der Waals surface area contributed by atoms with Crippen molar-refractivity contribution in [1.29, 1.82) is 0 Å². The van der Waals surface area contributed by atoms with Gasteiger partial charge >= 0.3 is 5.97 Å². The topological polar surface area (TPSA) is 72.6 Å². The lowest BCUT2D eigenvalue weighted by atomic mass is 10.1. The normalized spacial score (nSPS) is 9.52. The number of esters is 1. The Morgan fingerprint density at radius 3 is 2.71 bits per heavy atom. The quantitative estimate of drug-likeness (QED) is 0.657. The fourth-order valence-corrected chi connectivity index (χ4v) is 1.59. The van der Waals surface area contributed by atoms with Crippen LogP contribution in [-0.2, 0) is 9.53 Å². The largest absolute Gasteiger partial charge is 0.469 e. The fourth-order valence-electron chi connectivity index (χ4n) is 1.59. The summed E-state index contributed by atoms with van der Waals surface area (Å²) in [7, 11) is 2.76. The number of methoxy groups -OCH3 is 1. The van der Waals surface area contributed by atoms with Gasteiger partial charge in [0, 0.05) is 19.2 Å². The van der Waals surface area contributed by atoms with E-state index >= 15 is 0 Å². The highest BCUT2D eigenvalue weighted by molar-refractivity contribution is 5.94. The molecule has 1 rings (SSSR count). The van der Waals surface area contributed by atoms with Gasteiger partial charge in [0.25, 0.3) is 5.91 Å². The molecule has 0 aromatic heterocycles. The lowest BCUT2D eigenvalue weighted by Gasteiger charge is -2.16. The van der Waals surface area contributed by atoms with Crippen LogP contribution in [0.1, 0.15) is 22.3 Å². The van der Waals surface area contributed by atoms with Crippen LogP contribution in [0.25, 0.3) is 0 Å². The summed E-state index contributed by atoms with van der Waals surface area (Å²) in [5.41, 5.74) is 5.62. The summed E-state index contributed by atoms with van der Waals surface area (Å²) in [5, 5.41) is 0. The summed E-state index contributed by atoms with van der Waals surface area (Å²) < 4.78 is 18.4. The molecule has 0 atom stereocenters. The van der Waals surface area contributed by atoms with Gasteiger partial charge in [-0.25, -0.2) is 4.39 Å². The molecule has 1 aromatic carbocycles. The van der Waals surface area contributed by atoms with E-state index in [9.17, 15) is 14.0 Å². The number of nitrogens with zero attached hydrogens (tertiary/aromatic N) is 1. The Labute approximate surface area is 122 Å². The van der Waals surface area contributed by atoms with Crippen LogP contribution in [0.15, 0.2) is 18.2 Å². The van der Waals surface area contributed by atoms with Crippen LogP contribution < -0.4 is 5.73 Å². The number of halogens is 1. The number of hydrogen-bond acceptors (Lipinski definition) is 4. The first-order chi connectivity index (χ1) is 9.99. The van der Waals surface area contributed by atoms with E-state index in [1.807, 2.05) is 0 Å². The lowest BCUT2D eigenvalue weighted by molar-refractivity contribution is -0.140. The Morgan fingerprint density at radius 2 is 2.14 bits per heavy atom. The molecule has 0 bridgehead atoms. The maximum absolute atomic E-state index is 13.9. The first-order valence-corrected chi connectivity index (χ1v) is 6.30. The predicted molar refractivity (Wildman–Crippen MR) is 75.9 cm³/mol. The van der Waals surface area contributed by atoms with Gasteiger partial charge in [0.05, 0.1) is 25.6 Å². The van der Waals surface area contributed by atoms with Crippen molar-refractivity contribution in [3.8, 4) is 11.8 Å². The van der Waals surface area contributed by atoms with Gasteiger partial charge in [-0.1, -0.05) is 11.8 Å². The highest BCUT2D eigenvalue weighted by Crippen LogP contribution is 2.12. The molecule has 0 fully saturated rings. The molecule has 1 aromatic rings. The van der Waals surface area contributed by atoms with Crippen molar-refractivity contribution < 1.29 is 18.7 Å². The molecule has 0 heterocycles. The average Bonchev–Trinajstić information content (AvgIpc) is 2.49. The summed E-state index contributed by atoms with van der Waals surface area (Å²) in [4.78, 5) is 24.4. The van der Waals surface area contributed by atoms with Crippen molar-refractivity contribution in [1.82, 2.24) is 4.90 Å². The number of rotatable bonds is 4. The Hall–Kier alpha value is -2.39. The molecule has 5 nitrogen and oxygen atoms in total. The van der Waals surface area contributed by atoms with Crippen LogP contribution in [0.3, 0.4) is 0 Å². The highest BCUT2D eigenvalue weighted by atomic mass is 19.1. The van der Waals surface area contributed by atoms with Crippen LogP contribution in [0.2, 0.25) is 0 Å². The van der Waals surface area contributed by atoms with Gasteiger partial charge < -0.3 is 15.4 Å². The summed E-state index contributed by atoms with van der Waals surface area (Å²) in [6, 6.07) is 4.10. The minimum Gasteiger partial charge on any atom is -0.469 e. The standard InChI is InChI=1S/C15H17FN2O3/c1-18(9-7-14(19)21-2)15(20)12-6-5-11(4-3-8-17)10-13(12)16/h5-6,10H,7-9,17H2,1-2H3. The molecule has 0 aliphatic rings. The van der Waals surface area contributed by atoms with Gasteiger partial charge in [-0.2, -0.15) is 0 Å². The molecule has 0 saturated heterocycles. The second-order valence-electron chi connectivity index (χ2n) is 4.25. The van der Waals surface area contributed by atoms with E-state index in [1.54, 1.807) is 6.07 Å². The molecule has 1 amide bonds. The zero-order valence-corrected chi connectivity index (χ0v) is 12.0. The molecular weight excluding hydrogens is 275 g/mol. The van der Waals surface area contributed by atoms with Crippen molar-refractivity contribution in [3.05, 3.63) is 35.1 Å². The number of amides is 1. The Bertz CT molecular complexity index is 590. The van der Waals surface area contributed by atoms with Gasteiger partial charge in [-0.15, -0.1) is 0 Å². The molecular formula is C15H17FN2O3. The number of carbonyl (C=O) groups is 2. The average molecular weight is 292 g/mol. The molecule has 0 spiro atoms. The van der Waals surface area contributed by atoms with Gasteiger partial charge in [-0.3, -0.25) is 9.59 Å². The molecule has 0 unspecified atom stereocenters. The summed E-state index contributed by atoms with van der Waals surface area (Å²) >= 11 is 0. The van der Waals surface area contributed by atoms with Crippen LogP contribution in [0.4, 0.5) is 4.39 Å². The van der Waals surface area contributed by atoms with Gasteiger partial charge in [0.2, 0.25) is 0 Å². The lowest BCUT2D eigenvalue weighted by Crippen LogP contribution is -2.30. The molecule has 0 aliphatic heterocycles. The van der Waals surface area contributed by atoms with Crippen molar-refractivity contribution in [3.63, 3.8) is 0 Å². The van der Waals surface area contributed by atoms with E-state index in [4.69, 9.17) is 5.73 Å². The SMILES string of the molecule is COC(=O)CCN(C)C(=O)c1ccc(C#CCN)cc1F. The summed E-state index contributed by atoms with van der Waals surface area (Å²) in [5.74, 6) is 3.70.